The van der Waals surface area contributed by atoms with E-state index in [4.69, 9.17) is 5.73 Å². The number of benzene rings is 4. The maximum atomic E-state index is 13.6. The van der Waals surface area contributed by atoms with E-state index in [0.29, 0.717) is 11.1 Å². The molecule has 1 unspecified atom stereocenters. The number of nitrogens with one attached hydrogen (secondary N) is 4. The zero-order valence-electron chi connectivity index (χ0n) is 34.1. The van der Waals surface area contributed by atoms with Crippen molar-refractivity contribution in [3.8, 4) is 33.8 Å². The molecule has 4 aromatic carbocycles. The Bertz CT molecular complexity index is 2140. The van der Waals surface area contributed by atoms with E-state index in [1.54, 1.807) is 12.1 Å². The number of nitrogens with two attached hydrogens (primary N) is 1. The number of hydrogen-bond donors (Lipinski definition) is 8. The first-order valence-corrected chi connectivity index (χ1v) is 19.9. The van der Waals surface area contributed by atoms with Gasteiger partial charge in [-0.3, -0.25) is 24.0 Å². The number of rotatable bonds is 13. The van der Waals surface area contributed by atoms with Gasteiger partial charge in [-0.2, -0.15) is 0 Å². The summed E-state index contributed by atoms with van der Waals surface area (Å²) in [5.74, 6) is -5.34. The number of aryl methyl sites for hydroxylation is 1. The van der Waals surface area contributed by atoms with Gasteiger partial charge < -0.3 is 47.2 Å². The largest absolute Gasteiger partial charge is 0.507 e. The number of unbranched alkanes of at least 4 members (excludes halogenated alkanes) is 2. The highest BCUT2D eigenvalue weighted by Gasteiger charge is 2.31. The molecule has 15 heteroatoms. The Labute approximate surface area is 349 Å². The smallest absolute Gasteiger partial charge is 0.326 e. The monoisotopic (exact) mass is 822 g/mol. The molecule has 60 heavy (non-hydrogen) atoms. The molecule has 15 nitrogen and oxygen atoms in total. The Morgan fingerprint density at radius 3 is 2.02 bits per heavy atom. The van der Waals surface area contributed by atoms with Crippen LogP contribution >= 0.6 is 0 Å². The van der Waals surface area contributed by atoms with Crippen molar-refractivity contribution in [2.24, 2.45) is 5.73 Å². The summed E-state index contributed by atoms with van der Waals surface area (Å²) in [6.07, 6.45) is 5.51. The number of likely N-dealkylation sites (N-methyl/N-ethyl adjacent to an activating group) is 1. The molecule has 318 valence electrons. The van der Waals surface area contributed by atoms with Crippen LogP contribution in [0.3, 0.4) is 0 Å². The van der Waals surface area contributed by atoms with Crippen LogP contribution in [0.4, 0.5) is 0 Å². The van der Waals surface area contributed by atoms with Gasteiger partial charge in [-0.1, -0.05) is 75.2 Å². The zero-order valence-corrected chi connectivity index (χ0v) is 34.1. The van der Waals surface area contributed by atoms with Crippen molar-refractivity contribution >= 4 is 35.5 Å². The molecule has 5 rings (SSSR count). The Hall–Kier alpha value is -6.74. The average molecular weight is 823 g/mol. The third-order valence-electron chi connectivity index (χ3n) is 9.87. The Balaban J connectivity index is 0.00000150. The molecule has 0 saturated carbocycles. The van der Waals surface area contributed by atoms with Crippen molar-refractivity contribution in [1.82, 2.24) is 26.2 Å². The van der Waals surface area contributed by atoms with Gasteiger partial charge in [0.1, 0.15) is 23.6 Å². The Morgan fingerprint density at radius 1 is 0.800 bits per heavy atom. The third kappa shape index (κ3) is 12.9. The van der Waals surface area contributed by atoms with E-state index in [9.17, 15) is 44.1 Å². The number of aliphatic carboxylic acids is 1. The van der Waals surface area contributed by atoms with Gasteiger partial charge in [0, 0.05) is 30.2 Å². The number of carbonyl (C=O) groups excluding carboxylic acids is 5. The number of fused-ring (bicyclic) bond motifs is 5. The molecule has 1 heterocycles. The number of amides is 5. The Kier molecular flexibility index (Phi) is 17.2. The van der Waals surface area contributed by atoms with Gasteiger partial charge in [-0.15, -0.1) is 0 Å². The number of hydrogen-bond acceptors (Lipinski definition) is 9. The van der Waals surface area contributed by atoms with Gasteiger partial charge in [0.25, 0.3) is 5.91 Å². The summed E-state index contributed by atoms with van der Waals surface area (Å²) in [6, 6.07) is 20.8. The molecule has 0 aromatic heterocycles. The van der Waals surface area contributed by atoms with E-state index >= 15 is 0 Å². The molecule has 0 radical (unpaired) electrons. The van der Waals surface area contributed by atoms with Gasteiger partial charge in [-0.05, 0) is 90.0 Å². The van der Waals surface area contributed by atoms with Gasteiger partial charge in [0.05, 0.1) is 19.6 Å². The number of aromatic hydroxyl groups is 2. The minimum atomic E-state index is -1.40. The summed E-state index contributed by atoms with van der Waals surface area (Å²) in [7, 11) is 1.30. The van der Waals surface area contributed by atoms with Crippen molar-refractivity contribution in [3.05, 3.63) is 107 Å². The number of carbonyl (C=O) groups is 6. The highest BCUT2D eigenvalue weighted by molar-refractivity contribution is 5.98. The van der Waals surface area contributed by atoms with E-state index in [1.165, 1.54) is 61.9 Å². The van der Waals surface area contributed by atoms with Crippen molar-refractivity contribution in [2.45, 2.75) is 64.5 Å². The van der Waals surface area contributed by atoms with Crippen molar-refractivity contribution in [2.75, 3.05) is 33.2 Å². The molecule has 0 saturated heterocycles. The van der Waals surface area contributed by atoms with Gasteiger partial charge in [0.2, 0.25) is 23.6 Å². The number of carboxylic acids is 1. The van der Waals surface area contributed by atoms with Crippen LogP contribution in [0, 0.1) is 0 Å². The summed E-state index contributed by atoms with van der Waals surface area (Å²) < 4.78 is 0. The topological polar surface area (TPSA) is 240 Å². The van der Waals surface area contributed by atoms with Gasteiger partial charge in [-0.25, -0.2) is 4.79 Å². The van der Waals surface area contributed by atoms with E-state index < -0.39 is 67.2 Å². The molecule has 1 aliphatic heterocycles. The standard InChI is InChI=1S/C41H43N5O9.C4H11N/c1-3-4-5-24-6-9-26(10-7-24)27-11-13-28(14-12-27)39(52)43-21-35(49)42-23-37(51)46(2)38-29-15-17-34(48)31(20-29)30-18-25(8-16-33(30)47)19-32(41(54)55)45-36(50)22-44-40(38)53;1-2-3-4-5/h6-18,20,32,38,47-48H,3-5,19,21-23H2,1-2H3,(H,42,49)(H,43,52)(H,44,53)(H,45,50)(H,54,55);2-5H2,1H3/t32-,38?;/m0./s1. The van der Waals surface area contributed by atoms with E-state index in [-0.39, 0.29) is 34.6 Å². The van der Waals surface area contributed by atoms with Crippen LogP contribution in [0.1, 0.15) is 72.6 Å². The van der Waals surface area contributed by atoms with Gasteiger partial charge in [0.15, 0.2) is 0 Å². The maximum Gasteiger partial charge on any atom is 0.326 e. The fourth-order valence-electron chi connectivity index (χ4n) is 6.39. The zero-order chi connectivity index (χ0) is 43.8. The normalized spacial score (nSPS) is 14.9. The number of nitrogens with zero attached hydrogens (tertiary/aromatic N) is 1. The second kappa shape index (κ2) is 22.4. The minimum absolute atomic E-state index is 0.0959. The highest BCUT2D eigenvalue weighted by Crippen LogP contribution is 2.38. The van der Waals surface area contributed by atoms with Crippen LogP contribution in [0.25, 0.3) is 22.3 Å². The molecular formula is C45H54N6O9. The molecule has 1 aliphatic rings. The predicted molar refractivity (Wildman–Crippen MR) is 227 cm³/mol. The second-order valence-electron chi connectivity index (χ2n) is 14.4. The Morgan fingerprint density at radius 2 is 1.42 bits per heavy atom. The molecule has 4 aromatic rings. The lowest BCUT2D eigenvalue weighted by molar-refractivity contribution is -0.142. The molecule has 0 aliphatic carbocycles. The molecule has 9 N–H and O–H groups in total. The molecule has 0 fully saturated rings. The van der Waals surface area contributed by atoms with Crippen molar-refractivity contribution in [3.63, 3.8) is 0 Å². The molecule has 0 spiro atoms. The molecular weight excluding hydrogens is 769 g/mol. The van der Waals surface area contributed by atoms with Crippen molar-refractivity contribution in [1.29, 1.82) is 0 Å². The summed E-state index contributed by atoms with van der Waals surface area (Å²) in [5, 5.41) is 40.9. The molecule has 5 amide bonds. The first-order valence-electron chi connectivity index (χ1n) is 19.9. The predicted octanol–water partition coefficient (Wildman–Crippen LogP) is 3.81. The number of carboxylic acid groups (broad SMARTS) is 1. The summed E-state index contributed by atoms with van der Waals surface area (Å²) >= 11 is 0. The lowest BCUT2D eigenvalue weighted by Crippen LogP contribution is -2.50. The van der Waals surface area contributed by atoms with E-state index in [1.807, 2.05) is 24.3 Å². The second-order valence-corrected chi connectivity index (χ2v) is 14.4. The first-order chi connectivity index (χ1) is 28.8. The minimum Gasteiger partial charge on any atom is -0.507 e. The number of phenols is 2. The fraction of sp³-hybridized carbons (Fsp3) is 0.333. The highest BCUT2D eigenvalue weighted by atomic mass is 16.4. The van der Waals surface area contributed by atoms with Crippen LogP contribution < -0.4 is 27.0 Å². The maximum absolute atomic E-state index is 13.6. The quantitative estimate of drug-likeness (QED) is 0.0970. The fourth-order valence-corrected chi connectivity index (χ4v) is 6.39. The summed E-state index contributed by atoms with van der Waals surface area (Å²) in [4.78, 5) is 78.1. The molecule has 4 bridgehead atoms. The van der Waals surface area contributed by atoms with Crippen molar-refractivity contribution < 1.29 is 44.1 Å². The van der Waals surface area contributed by atoms with E-state index in [2.05, 4.69) is 47.2 Å². The lowest BCUT2D eigenvalue weighted by Gasteiger charge is -2.28. The van der Waals surface area contributed by atoms with Crippen LogP contribution in [0.15, 0.2) is 84.9 Å². The van der Waals surface area contributed by atoms with Crippen LogP contribution in [0.2, 0.25) is 0 Å². The SMILES string of the molecule is CCCCN.CCCCc1ccc(-c2ccc(C(=O)NCC(=O)NCC(=O)N(C)C3C(=O)NCC(=O)N[C@H](C(=O)O)Cc4ccc(O)c(c4)-c4cc3ccc4O)cc2)cc1. The summed E-state index contributed by atoms with van der Waals surface area (Å²) in [5.41, 5.74) is 9.54. The van der Waals surface area contributed by atoms with Crippen LogP contribution in [-0.2, 0) is 36.8 Å². The van der Waals surface area contributed by atoms with Crippen LogP contribution in [-0.4, -0.2) is 95.0 Å². The number of phenolic OH excluding ortho intramolecular Hbond substituents is 2. The molecule has 2 atom stereocenters. The lowest BCUT2D eigenvalue weighted by atomic mass is 9.94. The van der Waals surface area contributed by atoms with Crippen LogP contribution in [0.5, 0.6) is 11.5 Å². The summed E-state index contributed by atoms with van der Waals surface area (Å²) in [6.45, 7) is 3.52. The third-order valence-corrected chi connectivity index (χ3v) is 9.87. The van der Waals surface area contributed by atoms with E-state index in [0.717, 1.165) is 41.8 Å². The van der Waals surface area contributed by atoms with Gasteiger partial charge >= 0.3 is 5.97 Å². The first kappa shape index (κ1) is 46.0. The average Bonchev–Trinajstić information content (AvgIpc) is 3.24.